The van der Waals surface area contributed by atoms with Gasteiger partial charge in [-0.3, -0.25) is 0 Å². The van der Waals surface area contributed by atoms with Gasteiger partial charge in [0.1, 0.15) is 0 Å². The van der Waals surface area contributed by atoms with Crippen LogP contribution in [0, 0.1) is 0 Å². The maximum absolute atomic E-state index is 5.01. The fourth-order valence-corrected chi connectivity index (χ4v) is 0. The van der Waals surface area contributed by atoms with Gasteiger partial charge in [0.2, 0.25) is 0 Å². The summed E-state index contributed by atoms with van der Waals surface area (Å²) in [5.74, 6) is 0. The first kappa shape index (κ1) is 16.2. The van der Waals surface area contributed by atoms with Crippen molar-refractivity contribution >= 4 is 74.4 Å². The van der Waals surface area contributed by atoms with Crippen molar-refractivity contribution in [3.05, 3.63) is 0 Å². The van der Waals surface area contributed by atoms with E-state index in [9.17, 15) is 0 Å². The average Bonchev–Trinajstić information content (AvgIpc) is 1.12. The van der Waals surface area contributed by atoms with Gasteiger partial charge in [0.05, 0.1) is 0 Å². The maximum Gasteiger partial charge on any atom is 0 e. The standard InChI is InChI=1S/8ClH.2Ti.H2/h8*1H;;;1H/q;;;;;;;;2*+4;/p-8. The fourth-order valence-electron chi connectivity index (χ4n) is 0. The van der Waals surface area contributed by atoms with Crippen LogP contribution in [-0.4, -0.2) is 0 Å². The Morgan fingerprint density at radius 1 is 0.500 bits per heavy atom. The van der Waals surface area contributed by atoms with E-state index >= 15 is 0 Å². The molecule has 0 spiro atoms. The molecular weight excluding hydrogens is 379 g/mol. The molecule has 0 aliphatic heterocycles. The molecule has 0 unspecified atom stereocenters. The van der Waals surface area contributed by atoms with Crippen LogP contribution in [0.2, 0.25) is 0 Å². The van der Waals surface area contributed by atoms with Gasteiger partial charge in [-0.15, -0.1) is 0 Å². The molecule has 0 saturated carbocycles. The Labute approximate surface area is 98.5 Å². The van der Waals surface area contributed by atoms with Crippen molar-refractivity contribution in [2.45, 2.75) is 0 Å². The molecule has 0 aliphatic carbocycles. The van der Waals surface area contributed by atoms with Gasteiger partial charge in [-0.2, -0.15) is 0 Å². The third-order valence-corrected chi connectivity index (χ3v) is 0. The van der Waals surface area contributed by atoms with Gasteiger partial charge in [-0.25, -0.2) is 0 Å². The van der Waals surface area contributed by atoms with Gasteiger partial charge in [0, 0.05) is 1.43 Å². The largest absolute Gasteiger partial charge is 0 e. The Bertz CT molecular complexity index is 55.1. The van der Waals surface area contributed by atoms with Gasteiger partial charge in [0.25, 0.3) is 0 Å². The van der Waals surface area contributed by atoms with Gasteiger partial charge < -0.3 is 0 Å². The van der Waals surface area contributed by atoms with Gasteiger partial charge >= 0.3 is 99.1 Å². The van der Waals surface area contributed by atoms with E-state index in [1.807, 2.05) is 0 Å². The topological polar surface area (TPSA) is 0 Å². The normalized spacial score (nSPS) is 12.0. The van der Waals surface area contributed by atoms with E-state index in [1.165, 1.54) is 0 Å². The zero-order valence-electron chi connectivity index (χ0n) is 4.02. The van der Waals surface area contributed by atoms with Gasteiger partial charge in [0.15, 0.2) is 0 Å². The summed E-state index contributed by atoms with van der Waals surface area (Å²) in [6.07, 6.45) is 0. The van der Waals surface area contributed by atoms with Crippen LogP contribution in [0.1, 0.15) is 1.43 Å². The molecule has 0 saturated heterocycles. The van der Waals surface area contributed by atoms with Crippen LogP contribution in [0.25, 0.3) is 0 Å². The van der Waals surface area contributed by atoms with Crippen LogP contribution in [0.15, 0.2) is 0 Å². The maximum atomic E-state index is 5.01. The first-order valence-corrected chi connectivity index (χ1v) is 18.7. The van der Waals surface area contributed by atoms with E-state index in [0.717, 1.165) is 0 Å². The third kappa shape index (κ3) is 96.6. The quantitative estimate of drug-likeness (QED) is 0.468. The van der Waals surface area contributed by atoms with Crippen LogP contribution in [0.3, 0.4) is 0 Å². The monoisotopic (exact) mass is 378 g/mol. The van der Waals surface area contributed by atoms with Crippen LogP contribution >= 0.6 is 74.4 Å². The van der Waals surface area contributed by atoms with E-state index < -0.39 is 24.7 Å². The van der Waals surface area contributed by atoms with E-state index in [-0.39, 0.29) is 1.43 Å². The minimum atomic E-state index is -3.11. The Kier molecular flexibility index (Phi) is 11.5. The predicted octanol–water partition coefficient (Wildman–Crippen LogP) is 5.76. The molecule has 0 nitrogen and oxygen atoms in total. The molecule has 0 aromatic heterocycles. The summed E-state index contributed by atoms with van der Waals surface area (Å²) in [4.78, 5) is 0. The first-order chi connectivity index (χ1) is 4.00. The van der Waals surface area contributed by atoms with Crippen LogP contribution in [0.4, 0.5) is 0 Å². The molecule has 0 N–H and O–H groups in total. The van der Waals surface area contributed by atoms with Crippen molar-refractivity contribution in [3.63, 3.8) is 0 Å². The summed E-state index contributed by atoms with van der Waals surface area (Å²) in [5.41, 5.74) is 0. The Morgan fingerprint density at radius 3 is 0.500 bits per heavy atom. The molecule has 66 valence electrons. The molecule has 0 aromatic rings. The first-order valence-electron chi connectivity index (χ1n) is 1.51. The second kappa shape index (κ2) is 7.09. The Hall–Kier alpha value is 3.75. The molecule has 0 bridgehead atoms. The minimum Gasteiger partial charge on any atom is 0 e. The number of rotatable bonds is 0. The summed E-state index contributed by atoms with van der Waals surface area (Å²) >= 11 is -6.22. The number of hydrogen-bond donors (Lipinski definition) is 0. The van der Waals surface area contributed by atoms with E-state index in [4.69, 9.17) is 74.4 Å². The van der Waals surface area contributed by atoms with Crippen LogP contribution < -0.4 is 0 Å². The minimum absolute atomic E-state index is 0. The predicted molar refractivity (Wildman–Crippen MR) is 48.9 cm³/mol. The zero-order chi connectivity index (χ0) is 9.00. The van der Waals surface area contributed by atoms with Crippen molar-refractivity contribution in [2.24, 2.45) is 0 Å². The van der Waals surface area contributed by atoms with E-state index in [0.29, 0.717) is 0 Å². The molecule has 10 heavy (non-hydrogen) atoms. The van der Waals surface area contributed by atoms with E-state index in [2.05, 4.69) is 0 Å². The van der Waals surface area contributed by atoms with Crippen molar-refractivity contribution in [2.75, 3.05) is 0 Å². The molecular formula is H2Cl8Ti2. The summed E-state index contributed by atoms with van der Waals surface area (Å²) in [6.45, 7) is 0. The number of hydrogen-bond acceptors (Lipinski definition) is 0. The van der Waals surface area contributed by atoms with Gasteiger partial charge in [-0.05, 0) is 0 Å². The summed E-state index contributed by atoms with van der Waals surface area (Å²) < 4.78 is 0. The van der Waals surface area contributed by atoms with Crippen LogP contribution in [-0.2, 0) is 24.7 Å². The SMILES string of the molecule is [Cl][Ti]([Cl])([Cl])[Cl].[Cl][Ti]([Cl])([Cl])[Cl].[HH]. The molecule has 0 amide bonds. The molecule has 0 fully saturated rings. The molecule has 10 heteroatoms. The number of halogens is 8. The summed E-state index contributed by atoms with van der Waals surface area (Å²) in [5, 5.41) is 0. The Morgan fingerprint density at radius 2 is 0.500 bits per heavy atom. The zero-order valence-corrected chi connectivity index (χ0v) is 13.2. The van der Waals surface area contributed by atoms with E-state index in [1.54, 1.807) is 0 Å². The molecule has 0 heterocycles. The van der Waals surface area contributed by atoms with Crippen molar-refractivity contribution in [1.29, 1.82) is 0 Å². The third-order valence-electron chi connectivity index (χ3n) is 0. The Balaban J connectivity index is -0.000000107. The summed E-state index contributed by atoms with van der Waals surface area (Å²) in [6, 6.07) is 0. The molecule has 0 radical (unpaired) electrons. The van der Waals surface area contributed by atoms with Crippen LogP contribution in [0.5, 0.6) is 0 Å². The van der Waals surface area contributed by atoms with Crippen molar-refractivity contribution in [3.8, 4) is 0 Å². The molecule has 0 atom stereocenters. The van der Waals surface area contributed by atoms with Gasteiger partial charge in [-0.1, -0.05) is 0 Å². The second-order valence-electron chi connectivity index (χ2n) is 0.857. The average molecular weight is 381 g/mol. The molecule has 0 rings (SSSR count). The molecule has 0 aromatic carbocycles. The molecule has 0 aliphatic rings. The smallest absolute Gasteiger partial charge is 0 e. The summed E-state index contributed by atoms with van der Waals surface area (Å²) in [7, 11) is 40.1. The fraction of sp³-hybridized carbons (Fsp3) is 0. The van der Waals surface area contributed by atoms with Crippen molar-refractivity contribution in [1.82, 2.24) is 0 Å². The second-order valence-corrected chi connectivity index (χ2v) is 31.8. The van der Waals surface area contributed by atoms with Crippen molar-refractivity contribution < 1.29 is 26.1 Å².